The lowest BCUT2D eigenvalue weighted by molar-refractivity contribution is -0.137. The molecule has 2 aromatic carbocycles. The van der Waals surface area contributed by atoms with Gasteiger partial charge in [-0.2, -0.15) is 13.2 Å². The molecule has 0 unspecified atom stereocenters. The molecule has 0 aliphatic carbocycles. The van der Waals surface area contributed by atoms with Gasteiger partial charge in [0.25, 0.3) is 0 Å². The number of fused-ring (bicyclic) bond motifs is 1. The van der Waals surface area contributed by atoms with Gasteiger partial charge >= 0.3 is 13.3 Å². The predicted molar refractivity (Wildman–Crippen MR) is 73.2 cm³/mol. The van der Waals surface area contributed by atoms with Crippen LogP contribution in [-0.2, 0) is 10.9 Å². The minimum absolute atomic E-state index is 0.0439. The summed E-state index contributed by atoms with van der Waals surface area (Å²) in [6, 6.07) is 10.0. The summed E-state index contributed by atoms with van der Waals surface area (Å²) in [7, 11) is -1.28. The number of nitrogens with zero attached hydrogens (tertiary/aromatic N) is 1. The first kappa shape index (κ1) is 13.7. The topological polar surface area (TPSA) is 41.8 Å². The Balaban J connectivity index is 2.25. The largest absolute Gasteiger partial charge is 0.583 e. The van der Waals surface area contributed by atoms with E-state index in [0.717, 1.165) is 6.07 Å². The highest BCUT2D eigenvalue weighted by Crippen LogP contribution is 2.37. The third-order valence-electron chi connectivity index (χ3n) is 3.27. The first-order valence-corrected chi connectivity index (χ1v) is 6.15. The molecule has 1 N–H and O–H groups in total. The molecule has 2 aromatic rings. The number of rotatable bonds is 1. The van der Waals surface area contributed by atoms with Crippen LogP contribution < -0.4 is 5.46 Å². The average molecular weight is 291 g/mol. The zero-order chi connectivity index (χ0) is 15.0. The van der Waals surface area contributed by atoms with Gasteiger partial charge in [0.15, 0.2) is 0 Å². The van der Waals surface area contributed by atoms with Crippen molar-refractivity contribution in [2.45, 2.75) is 6.18 Å². The molecule has 0 atom stereocenters. The van der Waals surface area contributed by atoms with Crippen LogP contribution >= 0.6 is 0 Å². The molecule has 3 rings (SSSR count). The Morgan fingerprint density at radius 2 is 1.71 bits per heavy atom. The van der Waals surface area contributed by atoms with E-state index in [-0.39, 0.29) is 5.56 Å². The van der Waals surface area contributed by atoms with Crippen molar-refractivity contribution in [2.75, 3.05) is 0 Å². The Hall–Kier alpha value is -2.28. The third-order valence-corrected chi connectivity index (χ3v) is 3.27. The number of hydrogen-bond donors (Lipinski definition) is 1. The van der Waals surface area contributed by atoms with Gasteiger partial charge in [0.2, 0.25) is 0 Å². The van der Waals surface area contributed by atoms with Crippen LogP contribution in [0.2, 0.25) is 0 Å². The van der Waals surface area contributed by atoms with E-state index >= 15 is 0 Å². The minimum atomic E-state index is -4.46. The van der Waals surface area contributed by atoms with E-state index < -0.39 is 18.9 Å². The third kappa shape index (κ3) is 2.40. The maximum atomic E-state index is 13.1. The lowest BCUT2D eigenvalue weighted by Gasteiger charge is -2.18. The standard InChI is InChI=1S/C14H9BF3NO2/c16-14(17,18)12-6-2-1-4-10(12)9-5-3-7-13-11(9)8-19-21-15(13)20/h1-8,20H. The molecule has 3 nitrogen and oxygen atoms in total. The summed E-state index contributed by atoms with van der Waals surface area (Å²) >= 11 is 0. The van der Waals surface area contributed by atoms with Crippen molar-refractivity contribution < 1.29 is 23.0 Å². The van der Waals surface area contributed by atoms with Crippen LogP contribution in [0.1, 0.15) is 11.1 Å². The van der Waals surface area contributed by atoms with Crippen LogP contribution in [-0.4, -0.2) is 18.4 Å². The first-order chi connectivity index (χ1) is 9.98. The monoisotopic (exact) mass is 291 g/mol. The molecule has 7 heteroatoms. The molecule has 0 bridgehead atoms. The summed E-state index contributed by atoms with van der Waals surface area (Å²) < 4.78 is 44.1. The summed E-state index contributed by atoms with van der Waals surface area (Å²) in [5.74, 6) is 0. The van der Waals surface area contributed by atoms with Gasteiger partial charge in [0.1, 0.15) is 0 Å². The van der Waals surface area contributed by atoms with Crippen molar-refractivity contribution in [1.82, 2.24) is 0 Å². The lowest BCUT2D eigenvalue weighted by Crippen LogP contribution is -2.38. The van der Waals surface area contributed by atoms with Gasteiger partial charge in [-0.15, -0.1) is 5.16 Å². The van der Waals surface area contributed by atoms with E-state index in [1.807, 2.05) is 0 Å². The highest BCUT2D eigenvalue weighted by atomic mass is 19.4. The molecule has 0 amide bonds. The predicted octanol–water partition coefficient (Wildman–Crippen LogP) is 2.42. The summed E-state index contributed by atoms with van der Waals surface area (Å²) in [5.41, 5.74) is 0.481. The second-order valence-corrected chi connectivity index (χ2v) is 4.54. The second-order valence-electron chi connectivity index (χ2n) is 4.54. The van der Waals surface area contributed by atoms with Crippen molar-refractivity contribution in [3.63, 3.8) is 0 Å². The lowest BCUT2D eigenvalue weighted by atomic mass is 9.74. The van der Waals surface area contributed by atoms with Crippen LogP contribution in [0.15, 0.2) is 47.6 Å². The van der Waals surface area contributed by atoms with Gasteiger partial charge in [0.05, 0.1) is 11.8 Å². The van der Waals surface area contributed by atoms with Crippen molar-refractivity contribution in [1.29, 1.82) is 0 Å². The van der Waals surface area contributed by atoms with Gasteiger partial charge in [-0.3, -0.25) is 0 Å². The fourth-order valence-electron chi connectivity index (χ4n) is 2.34. The molecule has 0 saturated carbocycles. The molecule has 1 heterocycles. The maximum absolute atomic E-state index is 13.1. The number of oxime groups is 1. The van der Waals surface area contributed by atoms with Crippen molar-refractivity contribution in [3.8, 4) is 11.1 Å². The smallest absolute Gasteiger partial charge is 0.427 e. The molecule has 0 fully saturated rings. The van der Waals surface area contributed by atoms with E-state index in [1.54, 1.807) is 18.2 Å². The van der Waals surface area contributed by atoms with E-state index in [1.165, 1.54) is 24.4 Å². The Kier molecular flexibility index (Phi) is 3.21. The zero-order valence-corrected chi connectivity index (χ0v) is 10.6. The van der Waals surface area contributed by atoms with Crippen LogP contribution in [0.25, 0.3) is 11.1 Å². The van der Waals surface area contributed by atoms with Gasteiger partial charge < -0.3 is 9.78 Å². The van der Waals surface area contributed by atoms with Gasteiger partial charge in [-0.05, 0) is 17.2 Å². The number of benzene rings is 2. The molecule has 1 aliphatic heterocycles. The van der Waals surface area contributed by atoms with E-state index in [9.17, 15) is 18.2 Å². The van der Waals surface area contributed by atoms with Crippen LogP contribution in [0.3, 0.4) is 0 Å². The SMILES string of the molecule is OB1ON=Cc2c1cccc2-c1ccccc1C(F)(F)F. The molecular formula is C14H9BF3NO2. The molecular weight excluding hydrogens is 282 g/mol. The molecule has 0 radical (unpaired) electrons. The van der Waals surface area contributed by atoms with E-state index in [0.29, 0.717) is 16.6 Å². The maximum Gasteiger partial charge on any atom is 0.583 e. The van der Waals surface area contributed by atoms with Crippen LogP contribution in [0.5, 0.6) is 0 Å². The summed E-state index contributed by atoms with van der Waals surface area (Å²) in [6.07, 6.45) is -3.15. The molecule has 0 saturated heterocycles. The first-order valence-electron chi connectivity index (χ1n) is 6.15. The fraction of sp³-hybridized carbons (Fsp3) is 0.0714. The average Bonchev–Trinajstić information content (AvgIpc) is 2.46. The quantitative estimate of drug-likeness (QED) is 0.820. The highest BCUT2D eigenvalue weighted by molar-refractivity contribution is 6.62. The van der Waals surface area contributed by atoms with E-state index in [4.69, 9.17) is 4.76 Å². The normalized spacial score (nSPS) is 13.8. The summed E-state index contributed by atoms with van der Waals surface area (Å²) in [6.45, 7) is 0. The number of halogens is 3. The highest BCUT2D eigenvalue weighted by Gasteiger charge is 2.35. The van der Waals surface area contributed by atoms with Crippen molar-refractivity contribution in [3.05, 3.63) is 53.6 Å². The Labute approximate surface area is 118 Å². The molecule has 106 valence electrons. The summed E-state index contributed by atoms with van der Waals surface area (Å²) in [5, 5.41) is 13.2. The molecule has 0 aromatic heterocycles. The van der Waals surface area contributed by atoms with Gasteiger partial charge in [-0.25, -0.2) is 0 Å². The number of alkyl halides is 3. The molecule has 1 aliphatic rings. The van der Waals surface area contributed by atoms with Crippen LogP contribution in [0.4, 0.5) is 13.2 Å². The van der Waals surface area contributed by atoms with Gasteiger partial charge in [0, 0.05) is 11.0 Å². The minimum Gasteiger partial charge on any atom is -0.427 e. The van der Waals surface area contributed by atoms with E-state index in [2.05, 4.69) is 5.16 Å². The van der Waals surface area contributed by atoms with Crippen molar-refractivity contribution in [2.24, 2.45) is 5.16 Å². The zero-order valence-electron chi connectivity index (χ0n) is 10.6. The molecule has 21 heavy (non-hydrogen) atoms. The summed E-state index contributed by atoms with van der Waals surface area (Å²) in [4.78, 5) is 0. The Bertz CT molecular complexity index is 716. The van der Waals surface area contributed by atoms with Crippen LogP contribution in [0, 0.1) is 0 Å². The van der Waals surface area contributed by atoms with Crippen molar-refractivity contribution >= 4 is 18.8 Å². The molecule has 0 spiro atoms. The van der Waals surface area contributed by atoms with Gasteiger partial charge in [-0.1, -0.05) is 36.4 Å². The Morgan fingerprint density at radius 1 is 1.00 bits per heavy atom. The fourth-order valence-corrected chi connectivity index (χ4v) is 2.34. The Morgan fingerprint density at radius 3 is 2.48 bits per heavy atom. The second kappa shape index (κ2) is 4.93. The number of hydrogen-bond acceptors (Lipinski definition) is 3.